The van der Waals surface area contributed by atoms with Crippen molar-refractivity contribution in [2.75, 3.05) is 11.9 Å². The van der Waals surface area contributed by atoms with Crippen LogP contribution in [0.4, 0.5) is 5.82 Å². The maximum atomic E-state index is 10.8. The molecule has 0 saturated heterocycles. The first-order valence-corrected chi connectivity index (χ1v) is 3.71. The largest absolute Gasteiger partial charge is 0.365 e. The predicted octanol–water partition coefficient (Wildman–Crippen LogP) is 0.173. The zero-order valence-electron chi connectivity index (χ0n) is 7.03. The van der Waals surface area contributed by atoms with Gasteiger partial charge in [0, 0.05) is 18.9 Å². The van der Waals surface area contributed by atoms with E-state index in [2.05, 4.69) is 21.9 Å². The molecule has 0 radical (unpaired) electrons. The topological polar surface area (TPSA) is 80.9 Å². The fourth-order valence-electron chi connectivity index (χ4n) is 0.817. The van der Waals surface area contributed by atoms with Crippen LogP contribution >= 0.6 is 0 Å². The Balaban J connectivity index is 2.90. The first-order chi connectivity index (χ1) is 6.25. The number of nitrogens with zero attached hydrogens (tertiary/aromatic N) is 2. The van der Waals surface area contributed by atoms with E-state index in [4.69, 9.17) is 5.73 Å². The zero-order chi connectivity index (χ0) is 9.68. The average molecular weight is 178 g/mol. The molecule has 0 atom stereocenters. The molecule has 5 heteroatoms. The van der Waals surface area contributed by atoms with E-state index in [1.54, 1.807) is 6.08 Å². The molecule has 68 valence electrons. The third kappa shape index (κ3) is 2.26. The molecule has 1 amide bonds. The minimum Gasteiger partial charge on any atom is -0.365 e. The number of anilines is 1. The second kappa shape index (κ2) is 4.20. The molecule has 0 bridgehead atoms. The number of rotatable bonds is 4. The van der Waals surface area contributed by atoms with Crippen molar-refractivity contribution >= 4 is 11.7 Å². The highest BCUT2D eigenvalue weighted by atomic mass is 16.1. The molecule has 1 aromatic rings. The van der Waals surface area contributed by atoms with Crippen molar-refractivity contribution in [1.29, 1.82) is 0 Å². The zero-order valence-corrected chi connectivity index (χ0v) is 7.03. The Morgan fingerprint density at radius 3 is 2.92 bits per heavy atom. The van der Waals surface area contributed by atoms with Crippen LogP contribution in [-0.2, 0) is 0 Å². The highest BCUT2D eigenvalue weighted by molar-refractivity contribution is 5.95. The van der Waals surface area contributed by atoms with Crippen molar-refractivity contribution in [3.8, 4) is 0 Å². The summed E-state index contributed by atoms with van der Waals surface area (Å²) in [5.41, 5.74) is 5.22. The molecule has 1 heterocycles. The Hall–Kier alpha value is -1.91. The van der Waals surface area contributed by atoms with Crippen molar-refractivity contribution in [1.82, 2.24) is 9.97 Å². The third-order valence-corrected chi connectivity index (χ3v) is 1.35. The van der Waals surface area contributed by atoms with Gasteiger partial charge in [-0.05, 0) is 0 Å². The van der Waals surface area contributed by atoms with Gasteiger partial charge in [-0.25, -0.2) is 9.97 Å². The standard InChI is InChI=1S/C8H10N4O/c1-2-3-11-8-6(7(9)13)10-4-5-12-8/h2,4-5H,1,3H2,(H2,9,13)(H,11,12). The lowest BCUT2D eigenvalue weighted by atomic mass is 10.4. The van der Waals surface area contributed by atoms with E-state index in [-0.39, 0.29) is 5.69 Å². The van der Waals surface area contributed by atoms with Gasteiger partial charge in [0.1, 0.15) is 0 Å². The summed E-state index contributed by atoms with van der Waals surface area (Å²) in [6.07, 6.45) is 4.55. The molecular formula is C8H10N4O. The number of carbonyl (C=O) groups is 1. The first kappa shape index (κ1) is 9.18. The van der Waals surface area contributed by atoms with Crippen LogP contribution in [0.15, 0.2) is 25.0 Å². The molecule has 1 rings (SSSR count). The van der Waals surface area contributed by atoms with Crippen LogP contribution in [0, 0.1) is 0 Å². The molecule has 3 N–H and O–H groups in total. The summed E-state index contributed by atoms with van der Waals surface area (Å²) < 4.78 is 0. The number of amides is 1. The Bertz CT molecular complexity index is 324. The summed E-state index contributed by atoms with van der Waals surface area (Å²) in [4.78, 5) is 18.6. The normalized spacial score (nSPS) is 9.23. The van der Waals surface area contributed by atoms with Crippen molar-refractivity contribution in [3.05, 3.63) is 30.7 Å². The number of nitrogens with one attached hydrogen (secondary N) is 1. The van der Waals surface area contributed by atoms with Gasteiger partial charge in [-0.3, -0.25) is 4.79 Å². The Morgan fingerprint density at radius 2 is 2.31 bits per heavy atom. The lowest BCUT2D eigenvalue weighted by molar-refractivity contribution is 0.0996. The summed E-state index contributed by atoms with van der Waals surface area (Å²) in [7, 11) is 0. The van der Waals surface area contributed by atoms with Crippen LogP contribution in [0.2, 0.25) is 0 Å². The molecule has 13 heavy (non-hydrogen) atoms. The van der Waals surface area contributed by atoms with Crippen LogP contribution in [0.5, 0.6) is 0 Å². The molecule has 0 aromatic carbocycles. The van der Waals surface area contributed by atoms with Gasteiger partial charge in [0.2, 0.25) is 0 Å². The Morgan fingerprint density at radius 1 is 1.62 bits per heavy atom. The number of hydrogen-bond acceptors (Lipinski definition) is 4. The lowest BCUT2D eigenvalue weighted by Gasteiger charge is -2.04. The van der Waals surface area contributed by atoms with Gasteiger partial charge in [0.25, 0.3) is 5.91 Å². The minimum absolute atomic E-state index is 0.143. The molecule has 0 unspecified atom stereocenters. The SMILES string of the molecule is C=CCNc1nccnc1C(N)=O. The van der Waals surface area contributed by atoms with Crippen molar-refractivity contribution in [3.63, 3.8) is 0 Å². The molecule has 0 fully saturated rings. The van der Waals surface area contributed by atoms with Crippen LogP contribution in [0.1, 0.15) is 10.5 Å². The summed E-state index contributed by atoms with van der Waals surface area (Å²) in [6, 6.07) is 0. The summed E-state index contributed by atoms with van der Waals surface area (Å²) in [6.45, 7) is 4.04. The second-order valence-electron chi connectivity index (χ2n) is 2.29. The molecule has 0 aliphatic rings. The van der Waals surface area contributed by atoms with Gasteiger partial charge in [-0.15, -0.1) is 6.58 Å². The summed E-state index contributed by atoms with van der Waals surface area (Å²) in [5, 5.41) is 2.85. The van der Waals surface area contributed by atoms with Gasteiger partial charge >= 0.3 is 0 Å². The van der Waals surface area contributed by atoms with E-state index >= 15 is 0 Å². The maximum absolute atomic E-state index is 10.8. The summed E-state index contributed by atoms with van der Waals surface area (Å²) in [5.74, 6) is -0.213. The average Bonchev–Trinajstić information content (AvgIpc) is 2.15. The van der Waals surface area contributed by atoms with Crippen LogP contribution in [0.3, 0.4) is 0 Å². The molecule has 1 aromatic heterocycles. The molecular weight excluding hydrogens is 168 g/mol. The third-order valence-electron chi connectivity index (χ3n) is 1.35. The van der Waals surface area contributed by atoms with Gasteiger partial charge in [-0.2, -0.15) is 0 Å². The van der Waals surface area contributed by atoms with E-state index < -0.39 is 5.91 Å². The van der Waals surface area contributed by atoms with Gasteiger partial charge in [0.05, 0.1) is 0 Å². The monoisotopic (exact) mass is 178 g/mol. The number of nitrogens with two attached hydrogens (primary N) is 1. The van der Waals surface area contributed by atoms with E-state index in [1.165, 1.54) is 12.4 Å². The lowest BCUT2D eigenvalue weighted by Crippen LogP contribution is -2.17. The van der Waals surface area contributed by atoms with Crippen molar-refractivity contribution in [2.24, 2.45) is 5.73 Å². The second-order valence-corrected chi connectivity index (χ2v) is 2.29. The molecule has 0 aliphatic carbocycles. The fraction of sp³-hybridized carbons (Fsp3) is 0.125. The maximum Gasteiger partial charge on any atom is 0.271 e. The molecule has 5 nitrogen and oxygen atoms in total. The number of carbonyl (C=O) groups excluding carboxylic acids is 1. The van der Waals surface area contributed by atoms with E-state index in [0.29, 0.717) is 12.4 Å². The van der Waals surface area contributed by atoms with Gasteiger partial charge < -0.3 is 11.1 Å². The smallest absolute Gasteiger partial charge is 0.271 e. The van der Waals surface area contributed by atoms with Crippen molar-refractivity contribution < 1.29 is 4.79 Å². The number of aromatic nitrogens is 2. The Kier molecular flexibility index (Phi) is 2.97. The van der Waals surface area contributed by atoms with E-state index in [1.807, 2.05) is 0 Å². The number of primary amides is 1. The van der Waals surface area contributed by atoms with E-state index in [9.17, 15) is 4.79 Å². The van der Waals surface area contributed by atoms with Gasteiger partial charge in [-0.1, -0.05) is 6.08 Å². The Labute approximate surface area is 75.7 Å². The first-order valence-electron chi connectivity index (χ1n) is 3.71. The van der Waals surface area contributed by atoms with Crippen LogP contribution < -0.4 is 11.1 Å². The van der Waals surface area contributed by atoms with Crippen LogP contribution in [-0.4, -0.2) is 22.4 Å². The molecule has 0 spiro atoms. The van der Waals surface area contributed by atoms with Crippen molar-refractivity contribution in [2.45, 2.75) is 0 Å². The highest BCUT2D eigenvalue weighted by Gasteiger charge is 2.08. The fourth-order valence-corrected chi connectivity index (χ4v) is 0.817. The van der Waals surface area contributed by atoms with E-state index in [0.717, 1.165) is 0 Å². The van der Waals surface area contributed by atoms with Gasteiger partial charge in [0.15, 0.2) is 11.5 Å². The number of hydrogen-bond donors (Lipinski definition) is 2. The van der Waals surface area contributed by atoms with Crippen LogP contribution in [0.25, 0.3) is 0 Å². The quantitative estimate of drug-likeness (QED) is 0.644. The predicted molar refractivity (Wildman–Crippen MR) is 49.2 cm³/mol. The highest BCUT2D eigenvalue weighted by Crippen LogP contribution is 2.05. The minimum atomic E-state index is -0.598. The molecule has 0 saturated carbocycles. The summed E-state index contributed by atoms with van der Waals surface area (Å²) >= 11 is 0. The molecule has 0 aliphatic heterocycles.